The highest BCUT2D eigenvalue weighted by atomic mass is 14.9. The Kier molecular flexibility index (Phi) is 2.44. The average molecular weight is 237 g/mol. The van der Waals surface area contributed by atoms with E-state index in [4.69, 9.17) is 0 Å². The second-order valence-corrected chi connectivity index (χ2v) is 5.54. The van der Waals surface area contributed by atoms with Crippen molar-refractivity contribution in [3.63, 3.8) is 0 Å². The monoisotopic (exact) mass is 237 g/mol. The maximum Gasteiger partial charge on any atom is 0.0528 e. The van der Waals surface area contributed by atoms with E-state index < -0.39 is 0 Å². The first-order chi connectivity index (χ1) is 8.58. The molecule has 0 amide bonds. The van der Waals surface area contributed by atoms with Gasteiger partial charge in [0.25, 0.3) is 0 Å². The lowest BCUT2D eigenvalue weighted by atomic mass is 9.78. The molecule has 0 aliphatic heterocycles. The molecule has 92 valence electrons. The van der Waals surface area contributed by atoms with Gasteiger partial charge in [0, 0.05) is 18.0 Å². The predicted octanol–water partition coefficient (Wildman–Crippen LogP) is 4.62. The van der Waals surface area contributed by atoms with Crippen molar-refractivity contribution in [2.24, 2.45) is 5.92 Å². The summed E-state index contributed by atoms with van der Waals surface area (Å²) in [6, 6.07) is 6.61. The van der Waals surface area contributed by atoms with Gasteiger partial charge >= 0.3 is 0 Å². The summed E-state index contributed by atoms with van der Waals surface area (Å²) in [6.45, 7) is 8.92. The minimum Gasteiger partial charge on any atom is -0.323 e. The molecular weight excluding hydrogens is 218 g/mol. The smallest absolute Gasteiger partial charge is 0.0528 e. The number of nitrogens with zero attached hydrogens (tertiary/aromatic N) is 1. The Morgan fingerprint density at radius 1 is 1.17 bits per heavy atom. The topological polar surface area (TPSA) is 4.41 Å². The third-order valence-electron chi connectivity index (χ3n) is 3.71. The standard InChI is InChI=1S/C17H19N/c1-11(2)17-13(4)9-15(17)14-8-12(3)10-18-7-5-6-16(14)18/h5-11H,1-4H3. The van der Waals surface area contributed by atoms with E-state index in [1.54, 1.807) is 0 Å². The van der Waals surface area contributed by atoms with Crippen LogP contribution in [0.5, 0.6) is 0 Å². The van der Waals surface area contributed by atoms with Crippen LogP contribution in [0.1, 0.15) is 31.9 Å². The highest BCUT2D eigenvalue weighted by Crippen LogP contribution is 2.41. The molecule has 2 aromatic heterocycles. The summed E-state index contributed by atoms with van der Waals surface area (Å²) in [5, 5.41) is 0. The van der Waals surface area contributed by atoms with Crippen LogP contribution in [0.25, 0.3) is 11.1 Å². The number of hydrogen-bond acceptors (Lipinski definition) is 0. The first-order valence-electron chi connectivity index (χ1n) is 6.58. The van der Waals surface area contributed by atoms with Gasteiger partial charge in [0.1, 0.15) is 0 Å². The van der Waals surface area contributed by atoms with Crippen LogP contribution < -0.4 is 0 Å². The molecule has 0 fully saturated rings. The lowest BCUT2D eigenvalue weighted by molar-refractivity contribution is 0.780. The molecule has 0 spiro atoms. The zero-order chi connectivity index (χ0) is 12.9. The molecule has 3 rings (SSSR count). The van der Waals surface area contributed by atoms with E-state index in [-0.39, 0.29) is 0 Å². The van der Waals surface area contributed by atoms with Crippen LogP contribution >= 0.6 is 0 Å². The Hall–Kier alpha value is -1.76. The molecule has 1 aliphatic carbocycles. The fourth-order valence-corrected chi connectivity index (χ4v) is 3.00. The molecule has 0 atom stereocenters. The van der Waals surface area contributed by atoms with Crippen LogP contribution in [0, 0.1) is 12.8 Å². The second kappa shape index (κ2) is 3.88. The van der Waals surface area contributed by atoms with Gasteiger partial charge in [-0.3, -0.25) is 0 Å². The zero-order valence-electron chi connectivity index (χ0n) is 11.5. The molecule has 0 saturated heterocycles. The van der Waals surface area contributed by atoms with Crippen molar-refractivity contribution >= 4 is 11.1 Å². The van der Waals surface area contributed by atoms with Gasteiger partial charge in [-0.1, -0.05) is 19.9 Å². The van der Waals surface area contributed by atoms with E-state index in [0.29, 0.717) is 5.92 Å². The van der Waals surface area contributed by atoms with Crippen LogP contribution in [0.15, 0.2) is 47.8 Å². The SMILES string of the molecule is CC1=C(C(C)C)C(c2cc(C)cn3cccc23)=C1. The van der Waals surface area contributed by atoms with Crippen LogP contribution in [0.3, 0.4) is 0 Å². The van der Waals surface area contributed by atoms with E-state index in [1.165, 1.54) is 33.4 Å². The second-order valence-electron chi connectivity index (χ2n) is 5.54. The Bertz CT molecular complexity index is 681. The average Bonchev–Trinajstić information content (AvgIpc) is 2.71. The molecule has 0 bridgehead atoms. The summed E-state index contributed by atoms with van der Waals surface area (Å²) in [6.07, 6.45) is 6.62. The fourth-order valence-electron chi connectivity index (χ4n) is 3.00. The van der Waals surface area contributed by atoms with Crippen molar-refractivity contribution in [2.75, 3.05) is 0 Å². The molecule has 2 heterocycles. The summed E-state index contributed by atoms with van der Waals surface area (Å²) < 4.78 is 2.22. The number of allylic oxidation sites excluding steroid dienone is 4. The Labute approximate surface area is 108 Å². The normalized spacial score (nSPS) is 15.3. The van der Waals surface area contributed by atoms with Gasteiger partial charge in [0.05, 0.1) is 5.52 Å². The number of aryl methyl sites for hydroxylation is 1. The summed E-state index contributed by atoms with van der Waals surface area (Å²) in [7, 11) is 0. The van der Waals surface area contributed by atoms with Gasteiger partial charge in [-0.25, -0.2) is 0 Å². The molecule has 18 heavy (non-hydrogen) atoms. The minimum atomic E-state index is 0.598. The molecule has 2 aromatic rings. The van der Waals surface area contributed by atoms with Gasteiger partial charge < -0.3 is 4.40 Å². The minimum absolute atomic E-state index is 0.598. The number of rotatable bonds is 2. The number of fused-ring (bicyclic) bond motifs is 1. The molecule has 0 unspecified atom stereocenters. The quantitative estimate of drug-likeness (QED) is 0.718. The maximum absolute atomic E-state index is 2.32. The van der Waals surface area contributed by atoms with Gasteiger partial charge in [0.15, 0.2) is 0 Å². The zero-order valence-corrected chi connectivity index (χ0v) is 11.5. The van der Waals surface area contributed by atoms with Gasteiger partial charge in [-0.05, 0) is 60.2 Å². The van der Waals surface area contributed by atoms with Gasteiger partial charge in [-0.15, -0.1) is 0 Å². The molecule has 0 N–H and O–H groups in total. The lowest BCUT2D eigenvalue weighted by Crippen LogP contribution is -2.09. The predicted molar refractivity (Wildman–Crippen MR) is 77.6 cm³/mol. The van der Waals surface area contributed by atoms with Crippen molar-refractivity contribution in [1.29, 1.82) is 0 Å². The molecule has 0 saturated carbocycles. The largest absolute Gasteiger partial charge is 0.323 e. The highest BCUT2D eigenvalue weighted by molar-refractivity contribution is 5.94. The van der Waals surface area contributed by atoms with Crippen molar-refractivity contribution < 1.29 is 0 Å². The Morgan fingerprint density at radius 2 is 1.94 bits per heavy atom. The van der Waals surface area contributed by atoms with Crippen molar-refractivity contribution in [3.8, 4) is 0 Å². The van der Waals surface area contributed by atoms with Crippen LogP contribution in [0.4, 0.5) is 0 Å². The lowest BCUT2D eigenvalue weighted by Gasteiger charge is -2.27. The third kappa shape index (κ3) is 1.54. The molecular formula is C17H19N. The molecule has 1 heteroatoms. The Morgan fingerprint density at radius 3 is 2.61 bits per heavy atom. The molecule has 1 nitrogen and oxygen atoms in total. The summed E-state index contributed by atoms with van der Waals surface area (Å²) in [4.78, 5) is 0. The van der Waals surface area contributed by atoms with Gasteiger partial charge in [0.2, 0.25) is 0 Å². The molecule has 0 radical (unpaired) electrons. The van der Waals surface area contributed by atoms with Crippen molar-refractivity contribution in [2.45, 2.75) is 27.7 Å². The third-order valence-corrected chi connectivity index (χ3v) is 3.71. The first-order valence-corrected chi connectivity index (χ1v) is 6.58. The summed E-state index contributed by atoms with van der Waals surface area (Å²) in [5.41, 5.74) is 8.36. The molecule has 0 aromatic carbocycles. The number of aromatic nitrogens is 1. The Balaban J connectivity index is 2.17. The van der Waals surface area contributed by atoms with Crippen LogP contribution in [-0.4, -0.2) is 4.40 Å². The fraction of sp³-hybridized carbons (Fsp3) is 0.294. The number of hydrogen-bond donors (Lipinski definition) is 0. The first kappa shape index (κ1) is 11.3. The maximum atomic E-state index is 2.32. The van der Waals surface area contributed by atoms with E-state index in [9.17, 15) is 0 Å². The van der Waals surface area contributed by atoms with Crippen LogP contribution in [0.2, 0.25) is 0 Å². The highest BCUT2D eigenvalue weighted by Gasteiger charge is 2.22. The van der Waals surface area contributed by atoms with E-state index in [2.05, 4.69) is 68.8 Å². The summed E-state index contributed by atoms with van der Waals surface area (Å²) in [5.74, 6) is 0.598. The summed E-state index contributed by atoms with van der Waals surface area (Å²) >= 11 is 0. The molecule has 1 aliphatic rings. The van der Waals surface area contributed by atoms with E-state index in [1.807, 2.05) is 0 Å². The van der Waals surface area contributed by atoms with E-state index >= 15 is 0 Å². The van der Waals surface area contributed by atoms with Crippen molar-refractivity contribution in [1.82, 2.24) is 4.40 Å². The number of pyridine rings is 1. The van der Waals surface area contributed by atoms with Crippen LogP contribution in [-0.2, 0) is 0 Å². The van der Waals surface area contributed by atoms with Gasteiger partial charge in [-0.2, -0.15) is 0 Å². The van der Waals surface area contributed by atoms with E-state index in [0.717, 1.165) is 0 Å². The van der Waals surface area contributed by atoms with Crippen molar-refractivity contribution in [3.05, 3.63) is 58.9 Å².